The van der Waals surface area contributed by atoms with Gasteiger partial charge in [0.1, 0.15) is 18.5 Å². The van der Waals surface area contributed by atoms with Crippen LogP contribution >= 0.6 is 31.3 Å². The number of hydrogen-bond donors (Lipinski definition) is 3. The molecule has 0 saturated heterocycles. The molecule has 3 rings (SSSR count). The number of nitrogens with one attached hydrogen (secondary N) is 1. The van der Waals surface area contributed by atoms with Gasteiger partial charge in [-0.25, -0.2) is 9.36 Å². The molecule has 242 valence electrons. The molecule has 0 amide bonds. The molecule has 5 atom stereocenters. The highest BCUT2D eigenvalue weighted by molar-refractivity contribution is 8.14. The van der Waals surface area contributed by atoms with Crippen LogP contribution in [-0.4, -0.2) is 67.5 Å². The fourth-order valence-electron chi connectivity index (χ4n) is 4.16. The zero-order valence-corrected chi connectivity index (χ0v) is 27.8. The van der Waals surface area contributed by atoms with Crippen molar-refractivity contribution < 1.29 is 42.8 Å². The number of hydrogen-bond acceptors (Lipinski definition) is 14. The molecular weight excluding hydrogens is 621 g/mol. The topological polar surface area (TPSA) is 176 Å². The minimum Gasteiger partial charge on any atom is -0.469 e. The monoisotopic (exact) mass is 663 g/mol. The molecule has 0 aromatic carbocycles. The lowest BCUT2D eigenvalue weighted by Gasteiger charge is -2.23. The van der Waals surface area contributed by atoms with Gasteiger partial charge in [0.05, 0.1) is 13.2 Å². The largest absolute Gasteiger partial charge is 0.475 e. The molecule has 2 aliphatic rings. The maximum atomic E-state index is 13.5. The normalized spacial score (nSPS) is 23.3. The van der Waals surface area contributed by atoms with Gasteiger partial charge in [-0.15, -0.1) is 0 Å². The van der Waals surface area contributed by atoms with Gasteiger partial charge in [-0.3, -0.25) is 38.4 Å². The summed E-state index contributed by atoms with van der Waals surface area (Å²) in [5.74, 6) is 1.64. The third-order valence-corrected chi connectivity index (χ3v) is 10.7. The van der Waals surface area contributed by atoms with Crippen molar-refractivity contribution in [1.82, 2.24) is 9.55 Å². The second-order valence-electron chi connectivity index (χ2n) is 12.2. The van der Waals surface area contributed by atoms with Gasteiger partial charge >= 0.3 is 13.5 Å². The standard InChI is InChI=1S/C27H42N3O10PS2/c1-17-13-18(17)15-27(5,6)24(33)43-12-10-38-41(36,37-9-11-42-23(32)26(2,3)4)39-16-19-14-20(31)22(40-19)30-8-7-21(29-35)28-25(30)34/h7-8,14,17-18,20,22,31,35H,9-13,15-16H2,1-6H3,(H,28,29,34)/t17?,18-,20?,22-,41?/m1/s1. The molecule has 1 fully saturated rings. The Hall–Kier alpha value is -1.71. The van der Waals surface area contributed by atoms with E-state index in [1.807, 2.05) is 13.8 Å². The van der Waals surface area contributed by atoms with Gasteiger partial charge in [0.2, 0.25) is 6.23 Å². The molecule has 3 N–H and O–H groups in total. The van der Waals surface area contributed by atoms with E-state index in [0.29, 0.717) is 11.8 Å². The second-order valence-corrected chi connectivity index (χ2v) is 16.0. The average molecular weight is 664 g/mol. The summed E-state index contributed by atoms with van der Waals surface area (Å²) in [7, 11) is -4.19. The van der Waals surface area contributed by atoms with Crippen LogP contribution in [0.15, 0.2) is 28.9 Å². The molecular formula is C27H42N3O10PS2. The zero-order valence-electron chi connectivity index (χ0n) is 25.3. The van der Waals surface area contributed by atoms with E-state index in [9.17, 15) is 24.1 Å². The van der Waals surface area contributed by atoms with E-state index in [4.69, 9.17) is 23.5 Å². The molecule has 1 aliphatic carbocycles. The summed E-state index contributed by atoms with van der Waals surface area (Å²) >= 11 is 2.15. The molecule has 0 spiro atoms. The third-order valence-electron chi connectivity index (χ3n) is 6.85. The number of aliphatic hydroxyl groups is 1. The number of rotatable bonds is 16. The molecule has 13 nitrogen and oxygen atoms in total. The number of ether oxygens (including phenoxy) is 1. The van der Waals surface area contributed by atoms with Crippen molar-refractivity contribution >= 4 is 47.4 Å². The van der Waals surface area contributed by atoms with E-state index >= 15 is 0 Å². The fourth-order valence-corrected chi connectivity index (χ4v) is 7.16. The predicted molar refractivity (Wildman–Crippen MR) is 164 cm³/mol. The van der Waals surface area contributed by atoms with Gasteiger partial charge in [0, 0.05) is 28.5 Å². The Morgan fingerprint density at radius 3 is 2.28 bits per heavy atom. The van der Waals surface area contributed by atoms with E-state index in [1.165, 1.54) is 18.3 Å². The first-order valence-electron chi connectivity index (χ1n) is 14.0. The minimum atomic E-state index is -4.19. The quantitative estimate of drug-likeness (QED) is 0.127. The number of aliphatic hydroxyl groups excluding tert-OH is 1. The summed E-state index contributed by atoms with van der Waals surface area (Å²) in [4.78, 5) is 40.9. The van der Waals surface area contributed by atoms with Crippen molar-refractivity contribution in [3.8, 4) is 0 Å². The smallest absolute Gasteiger partial charge is 0.469 e. The molecule has 2 heterocycles. The number of carbonyl (C=O) groups excluding carboxylic acids is 2. The van der Waals surface area contributed by atoms with Crippen LogP contribution in [0.3, 0.4) is 0 Å². The number of phosphoric ester groups is 1. The Morgan fingerprint density at radius 2 is 1.74 bits per heavy atom. The van der Waals surface area contributed by atoms with Crippen LogP contribution in [0.2, 0.25) is 0 Å². The Labute approximate surface area is 260 Å². The van der Waals surface area contributed by atoms with Crippen molar-refractivity contribution in [3.05, 3.63) is 34.6 Å². The summed E-state index contributed by atoms with van der Waals surface area (Å²) in [6, 6.07) is 1.31. The van der Waals surface area contributed by atoms with Crippen LogP contribution in [-0.2, 0) is 32.5 Å². The molecule has 1 aliphatic heterocycles. The highest BCUT2D eigenvalue weighted by atomic mass is 32.2. The van der Waals surface area contributed by atoms with E-state index in [1.54, 1.807) is 26.3 Å². The molecule has 1 aromatic heterocycles. The molecule has 1 saturated carbocycles. The highest BCUT2D eigenvalue weighted by Crippen LogP contribution is 2.51. The number of carbonyl (C=O) groups is 2. The van der Waals surface area contributed by atoms with Crippen molar-refractivity contribution in [3.63, 3.8) is 0 Å². The first kappa shape index (κ1) is 35.8. The SMILES string of the molecule is CC1C[C@@H]1CC(C)(C)C(=O)SCCOP(=O)(OCCSC(=O)C(C)(C)C)OCC1=CC(O)[C@H](n2ccc(NO)nc2=O)O1. The van der Waals surface area contributed by atoms with Gasteiger partial charge in [-0.2, -0.15) is 4.98 Å². The molecule has 1 aromatic rings. The molecule has 0 bridgehead atoms. The van der Waals surface area contributed by atoms with E-state index in [-0.39, 0.29) is 46.5 Å². The molecule has 0 radical (unpaired) electrons. The number of thioether (sulfide) groups is 2. The van der Waals surface area contributed by atoms with Crippen LogP contribution in [0, 0.1) is 22.7 Å². The minimum absolute atomic E-state index is 0.0287. The van der Waals surface area contributed by atoms with Gasteiger partial charge in [0.25, 0.3) is 0 Å². The van der Waals surface area contributed by atoms with E-state index < -0.39 is 43.3 Å². The fraction of sp³-hybridized carbons (Fsp3) is 0.704. The summed E-state index contributed by atoms with van der Waals surface area (Å²) in [6.07, 6.45) is 2.10. The van der Waals surface area contributed by atoms with Crippen LogP contribution < -0.4 is 11.2 Å². The van der Waals surface area contributed by atoms with Gasteiger partial charge in [0.15, 0.2) is 16.0 Å². The van der Waals surface area contributed by atoms with E-state index in [0.717, 1.165) is 40.9 Å². The highest BCUT2D eigenvalue weighted by Gasteiger charge is 2.40. The summed E-state index contributed by atoms with van der Waals surface area (Å²) in [6.45, 7) is 10.8. The van der Waals surface area contributed by atoms with Crippen molar-refractivity contribution in [1.29, 1.82) is 0 Å². The lowest BCUT2D eigenvalue weighted by Crippen LogP contribution is -2.32. The zero-order chi connectivity index (χ0) is 32.0. The van der Waals surface area contributed by atoms with Crippen molar-refractivity contribution in [2.24, 2.45) is 22.7 Å². The molecule has 43 heavy (non-hydrogen) atoms. The number of phosphoric acid groups is 1. The van der Waals surface area contributed by atoms with Crippen LogP contribution in [0.1, 0.15) is 60.6 Å². The summed E-state index contributed by atoms with van der Waals surface area (Å²) in [5, 5.41) is 19.3. The first-order chi connectivity index (χ1) is 20.0. The Balaban J connectivity index is 1.56. The van der Waals surface area contributed by atoms with Crippen LogP contribution in [0.4, 0.5) is 5.82 Å². The summed E-state index contributed by atoms with van der Waals surface area (Å²) < 4.78 is 36.7. The maximum absolute atomic E-state index is 13.5. The predicted octanol–water partition coefficient (Wildman–Crippen LogP) is 4.61. The Bertz CT molecular complexity index is 1280. The van der Waals surface area contributed by atoms with Crippen LogP contribution in [0.25, 0.3) is 0 Å². The lowest BCUT2D eigenvalue weighted by atomic mass is 9.88. The molecule has 16 heteroatoms. The molecule has 3 unspecified atom stereocenters. The van der Waals surface area contributed by atoms with Gasteiger partial charge in [-0.1, -0.05) is 65.1 Å². The first-order valence-corrected chi connectivity index (χ1v) is 17.4. The lowest BCUT2D eigenvalue weighted by molar-refractivity contribution is -0.118. The second kappa shape index (κ2) is 15.0. The maximum Gasteiger partial charge on any atom is 0.475 e. The van der Waals surface area contributed by atoms with Crippen LogP contribution in [0.5, 0.6) is 0 Å². The number of nitrogens with zero attached hydrogens (tertiary/aromatic N) is 2. The third kappa shape index (κ3) is 10.7. The van der Waals surface area contributed by atoms with Crippen molar-refractivity contribution in [2.75, 3.05) is 36.8 Å². The van der Waals surface area contributed by atoms with E-state index in [2.05, 4.69) is 11.9 Å². The van der Waals surface area contributed by atoms with Crippen molar-refractivity contribution in [2.45, 2.75) is 66.7 Å². The average Bonchev–Trinajstić information content (AvgIpc) is 3.48. The Kier molecular flexibility index (Phi) is 12.5. The van der Waals surface area contributed by atoms with Gasteiger partial charge < -0.3 is 9.84 Å². The van der Waals surface area contributed by atoms with Gasteiger partial charge in [-0.05, 0) is 36.8 Å². The number of aromatic nitrogens is 2. The Morgan fingerprint density at radius 1 is 1.14 bits per heavy atom. The number of anilines is 1. The summed E-state index contributed by atoms with van der Waals surface area (Å²) in [5.41, 5.74) is -0.0606.